The van der Waals surface area contributed by atoms with Crippen LogP contribution >= 0.6 is 12.6 Å². The van der Waals surface area contributed by atoms with Gasteiger partial charge in [0.25, 0.3) is 0 Å². The highest BCUT2D eigenvalue weighted by atomic mass is 32.1. The Morgan fingerprint density at radius 3 is 2.11 bits per heavy atom. The molecule has 0 rings (SSSR count). The molecule has 0 spiro atoms. The van der Waals surface area contributed by atoms with E-state index in [4.69, 9.17) is 0 Å². The van der Waals surface area contributed by atoms with Gasteiger partial charge >= 0.3 is 0 Å². The summed E-state index contributed by atoms with van der Waals surface area (Å²) in [6.07, 6.45) is 12.1. The first-order valence-electron chi connectivity index (χ1n) is 7.46. The fraction of sp³-hybridized carbons (Fsp3) is 0.933. The van der Waals surface area contributed by atoms with Gasteiger partial charge in [0.05, 0.1) is 0 Å². The average molecular weight is 273 g/mol. The lowest BCUT2D eigenvalue weighted by Gasteiger charge is -2.13. The van der Waals surface area contributed by atoms with E-state index in [9.17, 15) is 4.79 Å². The predicted octanol–water partition coefficient (Wildman–Crippen LogP) is 4.29. The molecule has 0 aliphatic rings. The van der Waals surface area contributed by atoms with Crippen molar-refractivity contribution in [3.8, 4) is 0 Å². The van der Waals surface area contributed by atoms with Crippen molar-refractivity contribution in [2.75, 3.05) is 14.1 Å². The minimum atomic E-state index is 0.216. The molecule has 0 radical (unpaired) electrons. The minimum Gasteiger partial charge on any atom is -0.349 e. The molecule has 0 aromatic rings. The van der Waals surface area contributed by atoms with E-state index >= 15 is 0 Å². The van der Waals surface area contributed by atoms with Crippen LogP contribution < -0.4 is 0 Å². The number of thiol groups is 1. The van der Waals surface area contributed by atoms with Gasteiger partial charge in [-0.15, -0.1) is 0 Å². The van der Waals surface area contributed by atoms with Gasteiger partial charge in [0.1, 0.15) is 0 Å². The van der Waals surface area contributed by atoms with Crippen LogP contribution in [0.4, 0.5) is 0 Å². The molecule has 108 valence electrons. The third-order valence-electron chi connectivity index (χ3n) is 3.33. The Labute approximate surface area is 119 Å². The van der Waals surface area contributed by atoms with E-state index in [1.54, 1.807) is 4.90 Å². The Hall–Kier alpha value is -0.180. The molecule has 1 unspecified atom stereocenters. The quantitative estimate of drug-likeness (QED) is 0.440. The first kappa shape index (κ1) is 17.8. The smallest absolute Gasteiger partial charge is 0.222 e. The Morgan fingerprint density at radius 2 is 1.56 bits per heavy atom. The molecule has 0 N–H and O–H groups in total. The molecule has 0 aliphatic carbocycles. The topological polar surface area (TPSA) is 20.3 Å². The molecule has 0 bridgehead atoms. The first-order chi connectivity index (χ1) is 8.57. The summed E-state index contributed by atoms with van der Waals surface area (Å²) in [5.41, 5.74) is 0. The number of carbonyl (C=O) groups excluding carboxylic acids is 1. The van der Waals surface area contributed by atoms with Gasteiger partial charge in [0.15, 0.2) is 0 Å². The summed E-state index contributed by atoms with van der Waals surface area (Å²) in [5, 5.41) is 0.393. The van der Waals surface area contributed by atoms with Crippen molar-refractivity contribution in [1.82, 2.24) is 4.90 Å². The highest BCUT2D eigenvalue weighted by molar-refractivity contribution is 7.80. The van der Waals surface area contributed by atoms with Gasteiger partial charge in [-0.1, -0.05) is 51.9 Å². The van der Waals surface area contributed by atoms with Crippen molar-refractivity contribution in [1.29, 1.82) is 0 Å². The third kappa shape index (κ3) is 10.9. The third-order valence-corrected chi connectivity index (χ3v) is 3.85. The van der Waals surface area contributed by atoms with Crippen molar-refractivity contribution < 1.29 is 4.79 Å². The second-order valence-electron chi connectivity index (χ2n) is 5.39. The van der Waals surface area contributed by atoms with Gasteiger partial charge in [-0.25, -0.2) is 0 Å². The highest BCUT2D eigenvalue weighted by Gasteiger charge is 2.08. The zero-order valence-corrected chi connectivity index (χ0v) is 13.3. The van der Waals surface area contributed by atoms with Crippen LogP contribution in [0.5, 0.6) is 0 Å². The van der Waals surface area contributed by atoms with Crippen LogP contribution in [0.3, 0.4) is 0 Å². The second-order valence-corrected chi connectivity index (χ2v) is 6.12. The minimum absolute atomic E-state index is 0.216. The van der Waals surface area contributed by atoms with E-state index < -0.39 is 0 Å². The van der Waals surface area contributed by atoms with E-state index in [2.05, 4.69) is 19.6 Å². The number of amides is 1. The van der Waals surface area contributed by atoms with Gasteiger partial charge in [0, 0.05) is 25.8 Å². The van der Waals surface area contributed by atoms with E-state index in [0.29, 0.717) is 11.7 Å². The molecule has 0 aromatic carbocycles. The number of unbranched alkanes of at least 4 members (excludes halogenated alkanes) is 6. The molecule has 1 amide bonds. The van der Waals surface area contributed by atoms with Crippen LogP contribution in [0.25, 0.3) is 0 Å². The largest absolute Gasteiger partial charge is 0.349 e. The van der Waals surface area contributed by atoms with Crippen molar-refractivity contribution in [2.45, 2.75) is 76.4 Å². The number of nitrogens with zero attached hydrogens (tertiary/aromatic N) is 1. The number of carbonyl (C=O) groups is 1. The fourth-order valence-corrected chi connectivity index (χ4v) is 2.31. The standard InChI is InChI=1S/C15H31NOS/c1-4-5-6-7-8-9-10-11-14(18)12-13-15(17)16(2)3/h14,18H,4-13H2,1-3H3. The molecule has 1 atom stereocenters. The maximum absolute atomic E-state index is 11.4. The summed E-state index contributed by atoms with van der Waals surface area (Å²) in [7, 11) is 3.62. The highest BCUT2D eigenvalue weighted by Crippen LogP contribution is 2.16. The maximum atomic E-state index is 11.4. The summed E-state index contributed by atoms with van der Waals surface area (Å²) in [4.78, 5) is 13.1. The van der Waals surface area contributed by atoms with Gasteiger partial charge in [-0.2, -0.15) is 12.6 Å². The zero-order valence-electron chi connectivity index (χ0n) is 12.5. The summed E-state index contributed by atoms with van der Waals surface area (Å²) in [6, 6.07) is 0. The molecular formula is C15H31NOS. The predicted molar refractivity (Wildman–Crippen MR) is 83.3 cm³/mol. The SMILES string of the molecule is CCCCCCCCCC(S)CCC(=O)N(C)C. The van der Waals surface area contributed by atoms with Gasteiger partial charge in [-0.3, -0.25) is 4.79 Å². The van der Waals surface area contributed by atoms with Crippen LogP contribution in [0.15, 0.2) is 0 Å². The van der Waals surface area contributed by atoms with E-state index in [-0.39, 0.29) is 5.91 Å². The van der Waals surface area contributed by atoms with Crippen molar-refractivity contribution >= 4 is 18.5 Å². The van der Waals surface area contributed by atoms with E-state index in [1.807, 2.05) is 14.1 Å². The molecule has 0 saturated carbocycles. The van der Waals surface area contributed by atoms with E-state index in [0.717, 1.165) is 12.8 Å². The van der Waals surface area contributed by atoms with Crippen LogP contribution in [0, 0.1) is 0 Å². The lowest BCUT2D eigenvalue weighted by Crippen LogP contribution is -2.22. The molecule has 2 nitrogen and oxygen atoms in total. The van der Waals surface area contributed by atoms with Crippen LogP contribution in [0.1, 0.15) is 71.1 Å². The molecule has 18 heavy (non-hydrogen) atoms. The van der Waals surface area contributed by atoms with Crippen LogP contribution in [-0.2, 0) is 4.79 Å². The fourth-order valence-electron chi connectivity index (χ4n) is 2.00. The zero-order chi connectivity index (χ0) is 13.8. The molecule has 0 aromatic heterocycles. The Morgan fingerprint density at radius 1 is 1.00 bits per heavy atom. The molecule has 0 fully saturated rings. The van der Waals surface area contributed by atoms with Crippen molar-refractivity contribution in [3.63, 3.8) is 0 Å². The summed E-state index contributed by atoms with van der Waals surface area (Å²) < 4.78 is 0. The van der Waals surface area contributed by atoms with Gasteiger partial charge < -0.3 is 4.90 Å². The Balaban J connectivity index is 3.32. The summed E-state index contributed by atoms with van der Waals surface area (Å²) >= 11 is 4.56. The second kappa shape index (κ2) is 11.9. The van der Waals surface area contributed by atoms with Gasteiger partial charge in [0.2, 0.25) is 5.91 Å². The first-order valence-corrected chi connectivity index (χ1v) is 7.97. The molecule has 0 aliphatic heterocycles. The number of hydrogen-bond donors (Lipinski definition) is 1. The summed E-state index contributed by atoms with van der Waals surface area (Å²) in [5.74, 6) is 0.216. The molecule has 3 heteroatoms. The number of hydrogen-bond acceptors (Lipinski definition) is 2. The Bertz CT molecular complexity index is 207. The molecule has 0 heterocycles. The lowest BCUT2D eigenvalue weighted by atomic mass is 10.1. The molecular weight excluding hydrogens is 242 g/mol. The maximum Gasteiger partial charge on any atom is 0.222 e. The van der Waals surface area contributed by atoms with Gasteiger partial charge in [-0.05, 0) is 12.8 Å². The lowest BCUT2D eigenvalue weighted by molar-refractivity contribution is -0.128. The Kier molecular flexibility index (Phi) is 11.8. The average Bonchev–Trinajstić information content (AvgIpc) is 2.34. The van der Waals surface area contributed by atoms with Crippen molar-refractivity contribution in [3.05, 3.63) is 0 Å². The number of rotatable bonds is 11. The normalized spacial score (nSPS) is 12.4. The van der Waals surface area contributed by atoms with E-state index in [1.165, 1.54) is 44.9 Å². The van der Waals surface area contributed by atoms with Crippen LogP contribution in [-0.4, -0.2) is 30.2 Å². The van der Waals surface area contributed by atoms with Crippen LogP contribution in [0.2, 0.25) is 0 Å². The van der Waals surface area contributed by atoms with Crippen molar-refractivity contribution in [2.24, 2.45) is 0 Å². The molecule has 0 saturated heterocycles. The monoisotopic (exact) mass is 273 g/mol. The summed E-state index contributed by atoms with van der Waals surface area (Å²) in [6.45, 7) is 2.25.